The van der Waals surface area contributed by atoms with E-state index in [1.807, 2.05) is 18.7 Å². The second-order valence-corrected chi connectivity index (χ2v) is 5.74. The average molecular weight is 283 g/mol. The minimum Gasteiger partial charge on any atom is -0.496 e. The van der Waals surface area contributed by atoms with Crippen molar-refractivity contribution in [2.45, 2.75) is 32.2 Å². The van der Waals surface area contributed by atoms with Gasteiger partial charge < -0.3 is 15.2 Å². The lowest BCUT2D eigenvalue weighted by atomic mass is 10.0. The van der Waals surface area contributed by atoms with Gasteiger partial charge in [0.05, 0.1) is 14.2 Å². The molecule has 0 radical (unpaired) electrons. The number of methoxy groups -OCH3 is 2. The van der Waals surface area contributed by atoms with Crippen LogP contribution in [0.4, 0.5) is 0 Å². The van der Waals surface area contributed by atoms with Crippen LogP contribution < -0.4 is 15.2 Å². The number of thioether (sulfide) groups is 1. The van der Waals surface area contributed by atoms with Gasteiger partial charge in [0.15, 0.2) is 0 Å². The summed E-state index contributed by atoms with van der Waals surface area (Å²) in [6.45, 7) is 2.00. The molecule has 1 aromatic rings. The Labute approximate surface area is 120 Å². The Morgan fingerprint density at radius 2 is 1.74 bits per heavy atom. The van der Waals surface area contributed by atoms with E-state index in [2.05, 4.69) is 18.4 Å². The molecule has 1 atom stereocenters. The maximum absolute atomic E-state index is 5.88. The second kappa shape index (κ2) is 8.33. The summed E-state index contributed by atoms with van der Waals surface area (Å²) in [5.41, 5.74) is 8.20. The summed E-state index contributed by atoms with van der Waals surface area (Å²) in [5.74, 6) is 3.02. The molecule has 0 saturated carbocycles. The summed E-state index contributed by atoms with van der Waals surface area (Å²) in [5, 5.41) is 0. The van der Waals surface area contributed by atoms with Crippen LogP contribution in [-0.2, 0) is 12.8 Å². The molecule has 0 aliphatic heterocycles. The molecule has 1 rings (SSSR count). The van der Waals surface area contributed by atoms with Crippen molar-refractivity contribution in [3.05, 3.63) is 23.3 Å². The molecule has 3 nitrogen and oxygen atoms in total. The standard InChI is InChI=1S/C15H25NO2S/c1-11(16)8-13-10-14(17-2)12(6-5-7-19-4)9-15(13)18-3/h9-11H,5-8,16H2,1-4H3. The zero-order valence-electron chi connectivity index (χ0n) is 12.4. The van der Waals surface area contributed by atoms with E-state index >= 15 is 0 Å². The van der Waals surface area contributed by atoms with Gasteiger partial charge in [-0.05, 0) is 61.5 Å². The first-order valence-electron chi connectivity index (χ1n) is 6.60. The molecule has 108 valence electrons. The lowest BCUT2D eigenvalue weighted by molar-refractivity contribution is 0.393. The Balaban J connectivity index is 2.97. The lowest BCUT2D eigenvalue weighted by Crippen LogP contribution is -2.18. The van der Waals surface area contributed by atoms with Crippen LogP contribution in [0, 0.1) is 0 Å². The van der Waals surface area contributed by atoms with Crippen LogP contribution >= 0.6 is 11.8 Å². The fraction of sp³-hybridized carbons (Fsp3) is 0.600. The minimum atomic E-state index is 0.112. The van der Waals surface area contributed by atoms with Crippen molar-refractivity contribution in [1.29, 1.82) is 0 Å². The Kier molecular flexibility index (Phi) is 7.10. The van der Waals surface area contributed by atoms with E-state index in [1.54, 1.807) is 14.2 Å². The van der Waals surface area contributed by atoms with Crippen LogP contribution in [0.5, 0.6) is 11.5 Å². The van der Waals surface area contributed by atoms with Crippen molar-refractivity contribution >= 4 is 11.8 Å². The van der Waals surface area contributed by atoms with Crippen LogP contribution in [0.15, 0.2) is 12.1 Å². The molecular formula is C15H25NO2S. The smallest absolute Gasteiger partial charge is 0.122 e. The molecule has 0 heterocycles. The van der Waals surface area contributed by atoms with E-state index in [9.17, 15) is 0 Å². The maximum atomic E-state index is 5.88. The molecule has 0 saturated heterocycles. The highest BCUT2D eigenvalue weighted by molar-refractivity contribution is 7.98. The number of ether oxygens (including phenoxy) is 2. The van der Waals surface area contributed by atoms with E-state index in [-0.39, 0.29) is 6.04 Å². The van der Waals surface area contributed by atoms with Gasteiger partial charge in [-0.3, -0.25) is 0 Å². The van der Waals surface area contributed by atoms with Crippen LogP contribution in [0.3, 0.4) is 0 Å². The van der Waals surface area contributed by atoms with Gasteiger partial charge in [-0.25, -0.2) is 0 Å². The normalized spacial score (nSPS) is 12.3. The topological polar surface area (TPSA) is 44.5 Å². The molecule has 19 heavy (non-hydrogen) atoms. The molecule has 1 aromatic carbocycles. The number of nitrogens with two attached hydrogens (primary N) is 1. The molecule has 0 amide bonds. The van der Waals surface area contributed by atoms with Gasteiger partial charge in [-0.15, -0.1) is 0 Å². The molecule has 0 fully saturated rings. The number of aryl methyl sites for hydroxylation is 1. The van der Waals surface area contributed by atoms with Crippen LogP contribution in [-0.4, -0.2) is 32.3 Å². The molecule has 0 spiro atoms. The highest BCUT2D eigenvalue weighted by Gasteiger charge is 2.12. The Bertz CT molecular complexity index is 394. The number of rotatable bonds is 8. The van der Waals surface area contributed by atoms with E-state index in [4.69, 9.17) is 15.2 Å². The zero-order valence-corrected chi connectivity index (χ0v) is 13.2. The molecule has 2 N–H and O–H groups in total. The molecule has 4 heteroatoms. The van der Waals surface area contributed by atoms with E-state index < -0.39 is 0 Å². The Morgan fingerprint density at radius 1 is 1.16 bits per heavy atom. The largest absolute Gasteiger partial charge is 0.496 e. The summed E-state index contributed by atoms with van der Waals surface area (Å²) >= 11 is 1.87. The van der Waals surface area contributed by atoms with Crippen molar-refractivity contribution < 1.29 is 9.47 Å². The summed E-state index contributed by atoms with van der Waals surface area (Å²) in [4.78, 5) is 0. The highest BCUT2D eigenvalue weighted by atomic mass is 32.2. The quantitative estimate of drug-likeness (QED) is 0.745. The zero-order chi connectivity index (χ0) is 14.3. The minimum absolute atomic E-state index is 0.112. The van der Waals surface area contributed by atoms with Gasteiger partial charge in [0.2, 0.25) is 0 Å². The van der Waals surface area contributed by atoms with Gasteiger partial charge in [0, 0.05) is 6.04 Å². The Morgan fingerprint density at radius 3 is 2.26 bits per heavy atom. The summed E-state index contributed by atoms with van der Waals surface area (Å²) in [6, 6.07) is 4.27. The third kappa shape index (κ3) is 4.96. The first kappa shape index (κ1) is 16.2. The van der Waals surface area contributed by atoms with Gasteiger partial charge in [-0.1, -0.05) is 0 Å². The number of benzene rings is 1. The maximum Gasteiger partial charge on any atom is 0.122 e. The predicted molar refractivity (Wildman–Crippen MR) is 83.6 cm³/mol. The van der Waals surface area contributed by atoms with Crippen molar-refractivity contribution in [2.75, 3.05) is 26.2 Å². The predicted octanol–water partition coefficient (Wildman–Crippen LogP) is 2.89. The lowest BCUT2D eigenvalue weighted by Gasteiger charge is -2.16. The van der Waals surface area contributed by atoms with Crippen molar-refractivity contribution in [2.24, 2.45) is 5.73 Å². The molecule has 0 bridgehead atoms. The molecule has 1 unspecified atom stereocenters. The molecule has 0 aliphatic rings. The van der Waals surface area contributed by atoms with Crippen LogP contribution in [0.1, 0.15) is 24.5 Å². The van der Waals surface area contributed by atoms with E-state index in [0.717, 1.165) is 42.1 Å². The van der Waals surface area contributed by atoms with Crippen molar-refractivity contribution in [1.82, 2.24) is 0 Å². The third-order valence-electron chi connectivity index (χ3n) is 3.02. The fourth-order valence-corrected chi connectivity index (χ4v) is 2.57. The highest BCUT2D eigenvalue weighted by Crippen LogP contribution is 2.30. The van der Waals surface area contributed by atoms with E-state index in [0.29, 0.717) is 0 Å². The average Bonchev–Trinajstić information content (AvgIpc) is 2.39. The van der Waals surface area contributed by atoms with Crippen LogP contribution in [0.2, 0.25) is 0 Å². The summed E-state index contributed by atoms with van der Waals surface area (Å²) < 4.78 is 11.0. The fourth-order valence-electron chi connectivity index (χ4n) is 2.13. The molecule has 0 aromatic heterocycles. The van der Waals surface area contributed by atoms with Gasteiger partial charge >= 0.3 is 0 Å². The van der Waals surface area contributed by atoms with Gasteiger partial charge in [-0.2, -0.15) is 11.8 Å². The number of hydrogen-bond donors (Lipinski definition) is 1. The van der Waals surface area contributed by atoms with Crippen molar-refractivity contribution in [3.8, 4) is 11.5 Å². The molecule has 0 aliphatic carbocycles. The molecular weight excluding hydrogens is 258 g/mol. The summed E-state index contributed by atoms with van der Waals surface area (Å²) in [6.07, 6.45) is 5.08. The summed E-state index contributed by atoms with van der Waals surface area (Å²) in [7, 11) is 3.42. The van der Waals surface area contributed by atoms with E-state index in [1.165, 1.54) is 5.56 Å². The first-order chi connectivity index (χ1) is 9.12. The van der Waals surface area contributed by atoms with Crippen LogP contribution in [0.25, 0.3) is 0 Å². The SMILES string of the molecule is COc1cc(CC(C)N)c(OC)cc1CCCSC. The van der Waals surface area contributed by atoms with Crippen molar-refractivity contribution in [3.63, 3.8) is 0 Å². The Hall–Kier alpha value is -0.870. The monoisotopic (exact) mass is 283 g/mol. The third-order valence-corrected chi connectivity index (χ3v) is 3.72. The number of hydrogen-bond acceptors (Lipinski definition) is 4. The van der Waals surface area contributed by atoms with Gasteiger partial charge in [0.1, 0.15) is 11.5 Å². The second-order valence-electron chi connectivity index (χ2n) is 4.75. The van der Waals surface area contributed by atoms with Gasteiger partial charge in [0.25, 0.3) is 0 Å². The first-order valence-corrected chi connectivity index (χ1v) is 8.00.